The topological polar surface area (TPSA) is 83.7 Å². The third kappa shape index (κ3) is 3.33. The zero-order valence-corrected chi connectivity index (χ0v) is 14.5. The first-order valence-corrected chi connectivity index (χ1v) is 8.83. The molecule has 1 aromatic rings. The van der Waals surface area contributed by atoms with Gasteiger partial charge >= 0.3 is 0 Å². The Morgan fingerprint density at radius 3 is 2.67 bits per heavy atom. The summed E-state index contributed by atoms with van der Waals surface area (Å²) in [5, 5.41) is 0.229. The predicted octanol–water partition coefficient (Wildman–Crippen LogP) is 1.54. The third-order valence-corrected chi connectivity index (χ3v) is 6.52. The summed E-state index contributed by atoms with van der Waals surface area (Å²) in [6, 6.07) is 2.79. The highest BCUT2D eigenvalue weighted by Gasteiger charge is 2.31. The van der Waals surface area contributed by atoms with Crippen LogP contribution in [0.5, 0.6) is 0 Å². The Kier molecular flexibility index (Phi) is 4.82. The number of nitrogens with zero attached hydrogens (tertiary/aromatic N) is 2. The number of carbonyl (C=O) groups excluding carboxylic acids is 1. The van der Waals surface area contributed by atoms with Gasteiger partial charge in [-0.25, -0.2) is 8.42 Å². The monoisotopic (exact) mass is 395 g/mol. The van der Waals surface area contributed by atoms with Crippen molar-refractivity contribution in [1.29, 1.82) is 0 Å². The van der Waals surface area contributed by atoms with Crippen molar-refractivity contribution in [2.45, 2.75) is 11.3 Å². The molecule has 1 aliphatic rings. The molecule has 1 fully saturated rings. The fraction of sp³-hybridized carbons (Fsp3) is 0.417. The fourth-order valence-corrected chi connectivity index (χ4v) is 4.76. The molecule has 1 saturated heterocycles. The first-order valence-electron chi connectivity index (χ1n) is 6.22. The molecule has 1 heterocycles. The molecule has 0 radical (unpaired) electrons. The van der Waals surface area contributed by atoms with Gasteiger partial charge in [-0.15, -0.1) is 0 Å². The van der Waals surface area contributed by atoms with E-state index in [-0.39, 0.29) is 39.1 Å². The molecule has 0 unspecified atom stereocenters. The standard InChI is InChI=1S/C12H15BrClN3O3S/c1-16-3-2-4-17(7-11(16)18)21(19,20)10-6-8(14)5-9(15)12(10)13/h5-6H,2-4,7,15H2,1H3. The van der Waals surface area contributed by atoms with Crippen LogP contribution in [0, 0.1) is 0 Å². The molecular weight excluding hydrogens is 382 g/mol. The highest BCUT2D eigenvalue weighted by atomic mass is 79.9. The number of likely N-dealkylation sites (N-methyl/N-ethyl adjacent to an activating group) is 1. The number of hydrogen-bond acceptors (Lipinski definition) is 4. The van der Waals surface area contributed by atoms with Gasteiger partial charge in [0.25, 0.3) is 0 Å². The average molecular weight is 397 g/mol. The Morgan fingerprint density at radius 1 is 1.33 bits per heavy atom. The fourth-order valence-electron chi connectivity index (χ4n) is 2.08. The van der Waals surface area contributed by atoms with Gasteiger partial charge in [0, 0.05) is 30.8 Å². The first kappa shape index (κ1) is 16.5. The molecule has 0 aliphatic carbocycles. The number of carbonyl (C=O) groups is 1. The Hall–Kier alpha value is -0.830. The molecule has 1 aliphatic heterocycles. The minimum absolute atomic E-state index is 0.0233. The van der Waals surface area contributed by atoms with E-state index in [1.165, 1.54) is 17.0 Å². The molecule has 2 rings (SSSR count). The normalized spacial score (nSPS) is 17.9. The molecule has 9 heteroatoms. The molecule has 2 N–H and O–H groups in total. The second-order valence-corrected chi connectivity index (χ2v) is 7.95. The van der Waals surface area contributed by atoms with Crippen LogP contribution in [0.15, 0.2) is 21.5 Å². The van der Waals surface area contributed by atoms with Crippen LogP contribution >= 0.6 is 27.5 Å². The van der Waals surface area contributed by atoms with Gasteiger partial charge in [-0.1, -0.05) is 11.6 Å². The Labute approximate surface area is 137 Å². The highest BCUT2D eigenvalue weighted by Crippen LogP contribution is 2.33. The minimum Gasteiger partial charge on any atom is -0.398 e. The SMILES string of the molecule is CN1CCCN(S(=O)(=O)c2cc(Cl)cc(N)c2Br)CC1=O. The lowest BCUT2D eigenvalue weighted by molar-refractivity contribution is -0.129. The van der Waals surface area contributed by atoms with Crippen molar-refractivity contribution in [2.75, 3.05) is 32.4 Å². The summed E-state index contributed by atoms with van der Waals surface area (Å²) < 4.78 is 26.9. The van der Waals surface area contributed by atoms with Gasteiger partial charge in [0.2, 0.25) is 15.9 Å². The van der Waals surface area contributed by atoms with Crippen molar-refractivity contribution < 1.29 is 13.2 Å². The number of benzene rings is 1. The maximum atomic E-state index is 12.7. The van der Waals surface area contributed by atoms with Crippen LogP contribution in [0.25, 0.3) is 0 Å². The summed E-state index contributed by atoms with van der Waals surface area (Å²) >= 11 is 9.07. The number of nitrogen functional groups attached to an aromatic ring is 1. The van der Waals surface area contributed by atoms with E-state index in [2.05, 4.69) is 15.9 Å². The number of hydrogen-bond donors (Lipinski definition) is 1. The van der Waals surface area contributed by atoms with E-state index in [0.717, 1.165) is 4.31 Å². The summed E-state index contributed by atoms with van der Waals surface area (Å²) in [4.78, 5) is 13.4. The summed E-state index contributed by atoms with van der Waals surface area (Å²) in [5.41, 5.74) is 5.97. The van der Waals surface area contributed by atoms with Crippen LogP contribution in [0.1, 0.15) is 6.42 Å². The molecule has 0 aromatic heterocycles. The van der Waals surface area contributed by atoms with E-state index >= 15 is 0 Å². The lowest BCUT2D eigenvalue weighted by Gasteiger charge is -2.20. The van der Waals surface area contributed by atoms with Gasteiger partial charge in [0.05, 0.1) is 15.9 Å². The van der Waals surface area contributed by atoms with Crippen molar-refractivity contribution in [3.63, 3.8) is 0 Å². The van der Waals surface area contributed by atoms with Gasteiger partial charge < -0.3 is 10.6 Å². The maximum Gasteiger partial charge on any atom is 0.244 e. The van der Waals surface area contributed by atoms with E-state index in [1.54, 1.807) is 7.05 Å². The van der Waals surface area contributed by atoms with Crippen LogP contribution in [0.2, 0.25) is 5.02 Å². The number of amides is 1. The van der Waals surface area contributed by atoms with Crippen LogP contribution in [0.4, 0.5) is 5.69 Å². The van der Waals surface area contributed by atoms with Gasteiger partial charge in [0.15, 0.2) is 0 Å². The molecule has 0 atom stereocenters. The van der Waals surface area contributed by atoms with Crippen LogP contribution in [-0.2, 0) is 14.8 Å². The molecule has 0 saturated carbocycles. The second-order valence-electron chi connectivity index (χ2n) is 4.81. The first-order chi connectivity index (χ1) is 9.73. The van der Waals surface area contributed by atoms with Crippen molar-refractivity contribution in [3.05, 3.63) is 21.6 Å². The Bertz CT molecular complexity index is 681. The van der Waals surface area contributed by atoms with Crippen molar-refractivity contribution >= 4 is 49.1 Å². The van der Waals surface area contributed by atoms with Gasteiger partial charge in [-0.05, 0) is 34.5 Å². The summed E-state index contributed by atoms with van der Waals surface area (Å²) in [6.45, 7) is 0.624. The number of rotatable bonds is 2. The van der Waals surface area contributed by atoms with E-state index in [0.29, 0.717) is 13.0 Å². The molecule has 0 spiro atoms. The molecule has 1 amide bonds. The van der Waals surface area contributed by atoms with E-state index in [4.69, 9.17) is 17.3 Å². The quantitative estimate of drug-likeness (QED) is 0.769. The van der Waals surface area contributed by atoms with E-state index in [1.807, 2.05) is 0 Å². The van der Waals surface area contributed by atoms with Crippen molar-refractivity contribution in [1.82, 2.24) is 9.21 Å². The van der Waals surface area contributed by atoms with Crippen molar-refractivity contribution in [2.24, 2.45) is 0 Å². The van der Waals surface area contributed by atoms with E-state index in [9.17, 15) is 13.2 Å². The zero-order chi connectivity index (χ0) is 15.8. The van der Waals surface area contributed by atoms with Gasteiger partial charge in [-0.2, -0.15) is 4.31 Å². The Balaban J connectivity index is 2.45. The number of halogens is 2. The van der Waals surface area contributed by atoms with Crippen molar-refractivity contribution in [3.8, 4) is 0 Å². The molecule has 6 nitrogen and oxygen atoms in total. The lowest BCUT2D eigenvalue weighted by Crippen LogP contribution is -2.38. The average Bonchev–Trinajstić information content (AvgIpc) is 2.56. The minimum atomic E-state index is -3.84. The summed E-state index contributed by atoms with van der Waals surface area (Å²) in [5.74, 6) is -0.234. The highest BCUT2D eigenvalue weighted by molar-refractivity contribution is 9.10. The molecule has 21 heavy (non-hydrogen) atoms. The van der Waals surface area contributed by atoms with Gasteiger partial charge in [-0.3, -0.25) is 4.79 Å². The number of sulfonamides is 1. The molecule has 0 bridgehead atoms. The maximum absolute atomic E-state index is 12.7. The molecule has 116 valence electrons. The summed E-state index contributed by atoms with van der Waals surface area (Å²) in [7, 11) is -2.18. The van der Waals surface area contributed by atoms with Crippen LogP contribution in [-0.4, -0.2) is 50.2 Å². The molecule has 1 aromatic carbocycles. The smallest absolute Gasteiger partial charge is 0.244 e. The number of nitrogens with two attached hydrogens (primary N) is 1. The third-order valence-electron chi connectivity index (χ3n) is 3.29. The zero-order valence-electron chi connectivity index (χ0n) is 11.3. The van der Waals surface area contributed by atoms with E-state index < -0.39 is 10.0 Å². The summed E-state index contributed by atoms with van der Waals surface area (Å²) in [6.07, 6.45) is 0.579. The molecular formula is C12H15BrClN3O3S. The number of anilines is 1. The largest absolute Gasteiger partial charge is 0.398 e. The van der Waals surface area contributed by atoms with Crippen LogP contribution in [0.3, 0.4) is 0 Å². The predicted molar refractivity (Wildman–Crippen MR) is 84.6 cm³/mol. The second kappa shape index (κ2) is 6.12. The Morgan fingerprint density at radius 2 is 2.00 bits per heavy atom. The van der Waals surface area contributed by atoms with Gasteiger partial charge in [0.1, 0.15) is 0 Å². The van der Waals surface area contributed by atoms with Crippen LogP contribution < -0.4 is 5.73 Å². The lowest BCUT2D eigenvalue weighted by atomic mass is 10.3.